The molecule has 3 heterocycles. The van der Waals surface area contributed by atoms with E-state index < -0.39 is 5.60 Å². The molecule has 2 amide bonds. The molecule has 2 aliphatic rings. The third-order valence-electron chi connectivity index (χ3n) is 6.16. The molecule has 10 heteroatoms. The van der Waals surface area contributed by atoms with Crippen molar-refractivity contribution < 1.29 is 18.8 Å². The molecule has 1 N–H and O–H groups in total. The van der Waals surface area contributed by atoms with Crippen LogP contribution in [0, 0.1) is 11.8 Å². The summed E-state index contributed by atoms with van der Waals surface area (Å²) >= 11 is 5.94. The number of likely N-dealkylation sites (tertiary alicyclic amines) is 1. The molecule has 2 aliphatic heterocycles. The number of carbonyl (C=O) groups is 2. The van der Waals surface area contributed by atoms with Crippen LogP contribution < -0.4 is 10.2 Å². The van der Waals surface area contributed by atoms with Crippen LogP contribution in [0.1, 0.15) is 40.0 Å². The highest BCUT2D eigenvalue weighted by Gasteiger charge is 2.31. The molecule has 0 radical (unpaired) electrons. The van der Waals surface area contributed by atoms with Crippen molar-refractivity contribution in [3.63, 3.8) is 0 Å². The van der Waals surface area contributed by atoms with E-state index in [1.54, 1.807) is 17.0 Å². The van der Waals surface area contributed by atoms with Crippen molar-refractivity contribution in [3.8, 4) is 11.4 Å². The number of benzene rings is 1. The largest absolute Gasteiger partial charge is 0.444 e. The number of nitrogens with zero attached hydrogens (tertiary/aromatic N) is 4. The highest BCUT2D eigenvalue weighted by molar-refractivity contribution is 6.30. The maximum atomic E-state index is 12.7. The first-order chi connectivity index (χ1) is 16.2. The zero-order valence-electron chi connectivity index (χ0n) is 19.9. The van der Waals surface area contributed by atoms with Crippen LogP contribution in [0.5, 0.6) is 0 Å². The van der Waals surface area contributed by atoms with Gasteiger partial charge in [-0.2, -0.15) is 4.98 Å². The second-order valence-corrected chi connectivity index (χ2v) is 10.4. The Morgan fingerprint density at radius 2 is 1.85 bits per heavy atom. The van der Waals surface area contributed by atoms with Crippen molar-refractivity contribution >= 4 is 29.6 Å². The fourth-order valence-corrected chi connectivity index (χ4v) is 4.40. The summed E-state index contributed by atoms with van der Waals surface area (Å²) in [6.07, 6.45) is 2.03. The Balaban J connectivity index is 1.20. The Morgan fingerprint density at radius 3 is 2.53 bits per heavy atom. The summed E-state index contributed by atoms with van der Waals surface area (Å²) in [6, 6.07) is 7.75. The van der Waals surface area contributed by atoms with Crippen molar-refractivity contribution in [3.05, 3.63) is 29.3 Å². The molecule has 1 aromatic heterocycles. The van der Waals surface area contributed by atoms with E-state index in [1.165, 1.54) is 0 Å². The predicted molar refractivity (Wildman–Crippen MR) is 129 cm³/mol. The summed E-state index contributed by atoms with van der Waals surface area (Å²) < 4.78 is 10.9. The molecule has 0 bridgehead atoms. The van der Waals surface area contributed by atoms with Crippen molar-refractivity contribution in [1.82, 2.24) is 20.4 Å². The molecule has 1 atom stereocenters. The quantitative estimate of drug-likeness (QED) is 0.677. The van der Waals surface area contributed by atoms with Crippen molar-refractivity contribution in [2.45, 2.75) is 45.6 Å². The fraction of sp³-hybridized carbons (Fsp3) is 0.583. The Kier molecular flexibility index (Phi) is 7.30. The van der Waals surface area contributed by atoms with Gasteiger partial charge in [0.05, 0.1) is 0 Å². The summed E-state index contributed by atoms with van der Waals surface area (Å²) in [6.45, 7) is 8.79. The summed E-state index contributed by atoms with van der Waals surface area (Å²) in [7, 11) is 0. The third-order valence-corrected chi connectivity index (χ3v) is 6.41. The van der Waals surface area contributed by atoms with Crippen LogP contribution in [0.4, 0.5) is 10.8 Å². The van der Waals surface area contributed by atoms with E-state index in [0.717, 1.165) is 24.8 Å². The fourth-order valence-electron chi connectivity index (χ4n) is 4.27. The van der Waals surface area contributed by atoms with Gasteiger partial charge in [0.15, 0.2) is 0 Å². The Labute approximate surface area is 204 Å². The summed E-state index contributed by atoms with van der Waals surface area (Å²) in [5.41, 5.74) is 0.336. The molecule has 1 unspecified atom stereocenters. The zero-order valence-corrected chi connectivity index (χ0v) is 20.7. The van der Waals surface area contributed by atoms with Crippen LogP contribution in [-0.2, 0) is 9.53 Å². The second kappa shape index (κ2) is 10.2. The lowest BCUT2D eigenvalue weighted by Gasteiger charge is -2.30. The SMILES string of the molecule is CC(C)(C)OC(=O)N1CCC(CNC(=O)C2CCN(c3nc(-c4ccc(Cl)cc4)no3)CC2)C1. The molecule has 184 valence electrons. The lowest BCUT2D eigenvalue weighted by molar-refractivity contribution is -0.125. The molecule has 4 rings (SSSR count). The number of anilines is 1. The maximum absolute atomic E-state index is 12.7. The van der Waals surface area contributed by atoms with Gasteiger partial charge in [-0.15, -0.1) is 0 Å². The molecule has 1 aromatic carbocycles. The van der Waals surface area contributed by atoms with E-state index in [1.807, 2.05) is 37.8 Å². The normalized spacial score (nSPS) is 19.4. The summed E-state index contributed by atoms with van der Waals surface area (Å²) in [4.78, 5) is 33.2. The first-order valence-electron chi connectivity index (χ1n) is 11.8. The first-order valence-corrected chi connectivity index (χ1v) is 12.2. The van der Waals surface area contributed by atoms with Gasteiger partial charge in [-0.05, 0) is 70.2 Å². The van der Waals surface area contributed by atoms with E-state index >= 15 is 0 Å². The molecule has 9 nitrogen and oxygen atoms in total. The molecule has 2 saturated heterocycles. The number of aromatic nitrogens is 2. The number of ether oxygens (including phenoxy) is 1. The zero-order chi connectivity index (χ0) is 24.3. The minimum atomic E-state index is -0.503. The highest BCUT2D eigenvalue weighted by atomic mass is 35.5. The van der Waals surface area contributed by atoms with Gasteiger partial charge in [-0.3, -0.25) is 4.79 Å². The van der Waals surface area contributed by atoms with E-state index in [2.05, 4.69) is 15.5 Å². The van der Waals surface area contributed by atoms with Gasteiger partial charge in [0.1, 0.15) is 5.60 Å². The lowest BCUT2D eigenvalue weighted by atomic mass is 9.96. The summed E-state index contributed by atoms with van der Waals surface area (Å²) in [5, 5.41) is 7.81. The number of halogens is 1. The molecule has 0 spiro atoms. The number of nitrogens with one attached hydrogen (secondary N) is 1. The van der Waals surface area contributed by atoms with Crippen LogP contribution >= 0.6 is 11.6 Å². The van der Waals surface area contributed by atoms with Gasteiger partial charge in [0.25, 0.3) is 0 Å². The van der Waals surface area contributed by atoms with Crippen LogP contribution in [-0.4, -0.2) is 65.4 Å². The van der Waals surface area contributed by atoms with Crippen LogP contribution in [0.3, 0.4) is 0 Å². The molecule has 0 saturated carbocycles. The number of carbonyl (C=O) groups excluding carboxylic acids is 2. The van der Waals surface area contributed by atoms with Crippen molar-refractivity contribution in [2.24, 2.45) is 11.8 Å². The standard InChI is InChI=1S/C24H32ClN5O4/c1-24(2,3)33-23(32)30-11-8-16(15-30)14-26-21(31)18-9-12-29(13-10-18)22-27-20(28-34-22)17-4-6-19(25)7-5-17/h4-7,16,18H,8-15H2,1-3H3,(H,26,31). The average Bonchev–Trinajstić information content (AvgIpc) is 3.47. The van der Waals surface area contributed by atoms with Crippen LogP contribution in [0.2, 0.25) is 5.02 Å². The van der Waals surface area contributed by atoms with Gasteiger partial charge in [-0.25, -0.2) is 4.79 Å². The smallest absolute Gasteiger partial charge is 0.410 e. The van der Waals surface area contributed by atoms with Crippen molar-refractivity contribution in [2.75, 3.05) is 37.6 Å². The van der Waals surface area contributed by atoms with E-state index in [-0.39, 0.29) is 23.8 Å². The lowest BCUT2D eigenvalue weighted by Crippen LogP contribution is -2.42. The van der Waals surface area contributed by atoms with Crippen LogP contribution in [0.25, 0.3) is 11.4 Å². The third kappa shape index (κ3) is 6.20. The molecule has 34 heavy (non-hydrogen) atoms. The van der Waals surface area contributed by atoms with E-state index in [9.17, 15) is 9.59 Å². The van der Waals surface area contributed by atoms with Crippen LogP contribution in [0.15, 0.2) is 28.8 Å². The summed E-state index contributed by atoms with van der Waals surface area (Å²) in [5.74, 6) is 0.797. The number of amides is 2. The van der Waals surface area contributed by atoms with Crippen molar-refractivity contribution in [1.29, 1.82) is 0 Å². The average molecular weight is 490 g/mol. The first kappa shape index (κ1) is 24.3. The topological polar surface area (TPSA) is 101 Å². The van der Waals surface area contributed by atoms with E-state index in [4.69, 9.17) is 20.9 Å². The van der Waals surface area contributed by atoms with Gasteiger partial charge in [0, 0.05) is 49.2 Å². The molecular formula is C24H32ClN5O4. The highest BCUT2D eigenvalue weighted by Crippen LogP contribution is 2.26. The number of hydrogen-bond acceptors (Lipinski definition) is 7. The Morgan fingerprint density at radius 1 is 1.15 bits per heavy atom. The molecular weight excluding hydrogens is 458 g/mol. The maximum Gasteiger partial charge on any atom is 0.410 e. The van der Waals surface area contributed by atoms with Gasteiger partial charge >= 0.3 is 12.1 Å². The number of piperidine rings is 1. The van der Waals surface area contributed by atoms with Gasteiger partial charge < -0.3 is 24.4 Å². The molecule has 0 aliphatic carbocycles. The molecule has 2 fully saturated rings. The monoisotopic (exact) mass is 489 g/mol. The number of rotatable bonds is 5. The molecule has 2 aromatic rings. The van der Waals surface area contributed by atoms with Gasteiger partial charge in [-0.1, -0.05) is 16.8 Å². The minimum absolute atomic E-state index is 0.0433. The minimum Gasteiger partial charge on any atom is -0.444 e. The second-order valence-electron chi connectivity index (χ2n) is 9.99. The number of hydrogen-bond donors (Lipinski definition) is 1. The Bertz CT molecular complexity index is 996. The predicted octanol–water partition coefficient (Wildman–Crippen LogP) is 3.98. The van der Waals surface area contributed by atoms with E-state index in [0.29, 0.717) is 49.6 Å². The Hall–Kier alpha value is -2.81. The van der Waals surface area contributed by atoms with Gasteiger partial charge in [0.2, 0.25) is 11.7 Å².